The van der Waals surface area contributed by atoms with Gasteiger partial charge in [0.1, 0.15) is 5.75 Å². The number of benzene rings is 1. The van der Waals surface area contributed by atoms with E-state index >= 15 is 0 Å². The van der Waals surface area contributed by atoms with Gasteiger partial charge in [0.25, 0.3) is 0 Å². The molecule has 0 aromatic heterocycles. The third-order valence-electron chi connectivity index (χ3n) is 4.28. The van der Waals surface area contributed by atoms with E-state index < -0.39 is 9.84 Å². The summed E-state index contributed by atoms with van der Waals surface area (Å²) in [5.41, 5.74) is 1.27. The van der Waals surface area contributed by atoms with E-state index in [1.807, 2.05) is 32.0 Å². The first kappa shape index (κ1) is 18.0. The molecule has 23 heavy (non-hydrogen) atoms. The van der Waals surface area contributed by atoms with Crippen LogP contribution in [-0.2, 0) is 21.1 Å². The lowest BCUT2D eigenvalue weighted by molar-refractivity contribution is -0.119. The number of nitrogens with one attached hydrogen (secondary N) is 1. The molecule has 0 unspecified atom stereocenters. The summed E-state index contributed by atoms with van der Waals surface area (Å²) >= 11 is 0. The van der Waals surface area contributed by atoms with E-state index in [0.717, 1.165) is 25.7 Å². The van der Waals surface area contributed by atoms with Crippen LogP contribution in [0.2, 0.25) is 0 Å². The fraction of sp³-hybridized carbons (Fsp3) is 0.611. The number of hydrogen-bond donors (Lipinski definition) is 1. The molecule has 2 atom stereocenters. The maximum atomic E-state index is 12.1. The Hall–Kier alpha value is -1.36. The van der Waals surface area contributed by atoms with Gasteiger partial charge in [-0.1, -0.05) is 50.6 Å². The van der Waals surface area contributed by atoms with Crippen molar-refractivity contribution in [3.63, 3.8) is 0 Å². The van der Waals surface area contributed by atoms with Crippen molar-refractivity contribution in [2.45, 2.75) is 45.6 Å². The number of amides is 1. The van der Waals surface area contributed by atoms with Gasteiger partial charge in [0.2, 0.25) is 5.91 Å². The lowest BCUT2D eigenvalue weighted by Gasteiger charge is -2.21. The number of sulfone groups is 1. The van der Waals surface area contributed by atoms with Gasteiger partial charge in [-0.15, -0.1) is 0 Å². The predicted molar refractivity (Wildman–Crippen MR) is 92.9 cm³/mol. The Morgan fingerprint density at radius 3 is 2.57 bits per heavy atom. The van der Waals surface area contributed by atoms with Gasteiger partial charge in [-0.05, 0) is 36.7 Å². The fourth-order valence-electron chi connectivity index (χ4n) is 3.40. The van der Waals surface area contributed by atoms with Crippen LogP contribution in [0.1, 0.15) is 38.7 Å². The summed E-state index contributed by atoms with van der Waals surface area (Å²) < 4.78 is 23.9. The number of rotatable bonds is 7. The Morgan fingerprint density at radius 1 is 1.22 bits per heavy atom. The normalized spacial score (nSPS) is 21.5. The number of carbonyl (C=O) groups is 1. The topological polar surface area (TPSA) is 63.2 Å². The summed E-state index contributed by atoms with van der Waals surface area (Å²) in [6, 6.07) is 10.3. The van der Waals surface area contributed by atoms with Gasteiger partial charge in [0, 0.05) is 6.04 Å². The second-order valence-corrected chi connectivity index (χ2v) is 9.11. The molecule has 0 heterocycles. The zero-order valence-electron chi connectivity index (χ0n) is 14.0. The number of hydrogen-bond acceptors (Lipinski definition) is 3. The summed E-state index contributed by atoms with van der Waals surface area (Å²) in [7, 11) is -3.31. The largest absolute Gasteiger partial charge is 0.352 e. The molecule has 1 fully saturated rings. The van der Waals surface area contributed by atoms with Crippen molar-refractivity contribution >= 4 is 15.7 Å². The highest BCUT2D eigenvalue weighted by Gasteiger charge is 2.29. The molecule has 1 aromatic rings. The maximum absolute atomic E-state index is 12.1. The van der Waals surface area contributed by atoms with Gasteiger partial charge in [0.05, 0.1) is 5.75 Å². The highest BCUT2D eigenvalue weighted by molar-refractivity contribution is 7.92. The van der Waals surface area contributed by atoms with Crippen molar-refractivity contribution < 1.29 is 13.2 Å². The van der Waals surface area contributed by atoms with Gasteiger partial charge in [-0.25, -0.2) is 8.42 Å². The Balaban J connectivity index is 1.89. The van der Waals surface area contributed by atoms with E-state index in [4.69, 9.17) is 0 Å². The quantitative estimate of drug-likeness (QED) is 0.832. The monoisotopic (exact) mass is 337 g/mol. The minimum absolute atomic E-state index is 0.0464. The Morgan fingerprint density at radius 2 is 1.91 bits per heavy atom. The van der Waals surface area contributed by atoms with Crippen molar-refractivity contribution in [2.24, 2.45) is 11.8 Å². The highest BCUT2D eigenvalue weighted by Crippen LogP contribution is 2.28. The van der Waals surface area contributed by atoms with Crippen LogP contribution >= 0.6 is 0 Å². The lowest BCUT2D eigenvalue weighted by atomic mass is 9.94. The number of carbonyl (C=O) groups excluding carboxylic acids is 1. The van der Waals surface area contributed by atoms with Gasteiger partial charge in [-0.2, -0.15) is 0 Å². The maximum Gasteiger partial charge on any atom is 0.235 e. The van der Waals surface area contributed by atoms with Crippen molar-refractivity contribution in [1.29, 1.82) is 0 Å². The molecule has 1 aromatic carbocycles. The molecule has 1 aliphatic rings. The first-order chi connectivity index (χ1) is 10.9. The molecule has 5 heteroatoms. The first-order valence-electron chi connectivity index (χ1n) is 8.39. The zero-order chi connectivity index (χ0) is 16.9. The Labute approximate surface area is 139 Å². The molecular formula is C18H27NO3S. The molecule has 4 nitrogen and oxygen atoms in total. The molecule has 0 aliphatic heterocycles. The Bertz CT molecular complexity index is 610. The van der Waals surface area contributed by atoms with Crippen LogP contribution in [0.15, 0.2) is 30.3 Å². The highest BCUT2D eigenvalue weighted by atomic mass is 32.2. The zero-order valence-corrected chi connectivity index (χ0v) is 14.8. The smallest absolute Gasteiger partial charge is 0.235 e. The fourth-order valence-corrected chi connectivity index (χ4v) is 5.02. The van der Waals surface area contributed by atoms with Crippen molar-refractivity contribution in [3.05, 3.63) is 35.9 Å². The van der Waals surface area contributed by atoms with Crippen LogP contribution in [0.4, 0.5) is 0 Å². The summed E-state index contributed by atoms with van der Waals surface area (Å²) in [4.78, 5) is 12.1. The SMILES string of the molecule is CC(C)CS(=O)(=O)CC(=O)N[C@@H]1CCC[C@H]1Cc1ccccc1. The second-order valence-electron chi connectivity index (χ2n) is 7.00. The third kappa shape index (κ3) is 5.98. The van der Waals surface area contributed by atoms with Gasteiger partial charge < -0.3 is 5.32 Å². The van der Waals surface area contributed by atoms with E-state index in [9.17, 15) is 13.2 Å². The third-order valence-corrected chi connectivity index (χ3v) is 6.16. The second kappa shape index (κ2) is 7.95. The minimum atomic E-state index is -3.31. The van der Waals surface area contributed by atoms with Crippen molar-refractivity contribution in [1.82, 2.24) is 5.32 Å². The molecule has 0 bridgehead atoms. The van der Waals surface area contributed by atoms with Crippen LogP contribution < -0.4 is 5.32 Å². The van der Waals surface area contributed by atoms with E-state index in [-0.39, 0.29) is 29.4 Å². The summed E-state index contributed by atoms with van der Waals surface area (Å²) in [5, 5.41) is 2.96. The molecular weight excluding hydrogens is 310 g/mol. The van der Waals surface area contributed by atoms with Gasteiger partial charge in [0.15, 0.2) is 9.84 Å². The summed E-state index contributed by atoms with van der Waals surface area (Å²) in [6.45, 7) is 3.70. The average Bonchev–Trinajstić information content (AvgIpc) is 2.84. The molecule has 0 spiro atoms. The molecule has 1 saturated carbocycles. The summed E-state index contributed by atoms with van der Waals surface area (Å²) in [5.74, 6) is -0.229. The van der Waals surface area contributed by atoms with Crippen molar-refractivity contribution in [2.75, 3.05) is 11.5 Å². The van der Waals surface area contributed by atoms with Gasteiger partial charge in [-0.3, -0.25) is 4.79 Å². The van der Waals surface area contributed by atoms with Crippen LogP contribution in [0.5, 0.6) is 0 Å². The van der Waals surface area contributed by atoms with E-state index in [1.165, 1.54) is 5.56 Å². The predicted octanol–water partition coefficient (Wildman–Crippen LogP) is 2.58. The average molecular weight is 337 g/mol. The van der Waals surface area contributed by atoms with Crippen LogP contribution in [0, 0.1) is 11.8 Å². The molecule has 2 rings (SSSR count). The van der Waals surface area contributed by atoms with Crippen molar-refractivity contribution in [3.8, 4) is 0 Å². The van der Waals surface area contributed by atoms with Crippen LogP contribution in [-0.4, -0.2) is 31.9 Å². The lowest BCUT2D eigenvalue weighted by Crippen LogP contribution is -2.41. The van der Waals surface area contributed by atoms with Crippen LogP contribution in [0.3, 0.4) is 0 Å². The first-order valence-corrected chi connectivity index (χ1v) is 10.2. The van der Waals surface area contributed by atoms with E-state index in [2.05, 4.69) is 17.4 Å². The standard InChI is InChI=1S/C18H27NO3S/c1-14(2)12-23(21,22)13-18(20)19-17-10-6-9-16(17)11-15-7-4-3-5-8-15/h3-5,7-8,14,16-17H,6,9-13H2,1-2H3,(H,19,20)/t16-,17+/m0/s1. The molecule has 128 valence electrons. The van der Waals surface area contributed by atoms with E-state index in [1.54, 1.807) is 0 Å². The molecule has 1 aliphatic carbocycles. The summed E-state index contributed by atoms with van der Waals surface area (Å²) in [6.07, 6.45) is 4.04. The molecule has 0 saturated heterocycles. The minimum Gasteiger partial charge on any atom is -0.352 e. The van der Waals surface area contributed by atoms with Crippen LogP contribution in [0.25, 0.3) is 0 Å². The molecule has 0 radical (unpaired) electrons. The van der Waals surface area contributed by atoms with E-state index in [0.29, 0.717) is 5.92 Å². The Kier molecular flexibility index (Phi) is 6.22. The van der Waals surface area contributed by atoms with Gasteiger partial charge >= 0.3 is 0 Å². The molecule has 1 amide bonds. The molecule has 1 N–H and O–H groups in total.